The Morgan fingerprint density at radius 3 is 2.03 bits per heavy atom. The highest BCUT2D eigenvalue weighted by Gasteiger charge is 2.14. The lowest BCUT2D eigenvalue weighted by atomic mass is 9.91. The number of unbranched alkanes of at least 4 members (excludes halogenated alkanes) is 1. The van der Waals surface area contributed by atoms with Crippen molar-refractivity contribution in [2.45, 2.75) is 40.0 Å². The van der Waals surface area contributed by atoms with Crippen LogP contribution in [0.1, 0.15) is 47.7 Å². The van der Waals surface area contributed by atoms with E-state index in [0.717, 1.165) is 24.0 Å². The molecule has 39 heavy (non-hydrogen) atoms. The predicted octanol–water partition coefficient (Wildman–Crippen LogP) is 10.1. The first-order chi connectivity index (χ1) is 19.0. The number of carbonyl (C=O) groups excluding carboxylic acids is 1. The number of fused-ring (bicyclic) bond motifs is 3. The van der Waals surface area contributed by atoms with E-state index < -0.39 is 0 Å². The number of Topliss-reactive ketones (excluding diaryl/α,β-unsaturated/α-hetero) is 1. The van der Waals surface area contributed by atoms with Crippen LogP contribution < -0.4 is 0 Å². The van der Waals surface area contributed by atoms with Crippen LogP contribution in [0.25, 0.3) is 49.7 Å². The van der Waals surface area contributed by atoms with Gasteiger partial charge in [0.25, 0.3) is 0 Å². The van der Waals surface area contributed by atoms with Gasteiger partial charge in [-0.1, -0.05) is 86.1 Å². The molecule has 0 aliphatic heterocycles. The molecular weight excluding hydrogens is 474 g/mol. The number of nitrogens with zero attached hydrogens (tertiary/aromatic N) is 1. The summed E-state index contributed by atoms with van der Waals surface area (Å²) < 4.78 is 2.35. The zero-order valence-electron chi connectivity index (χ0n) is 22.9. The molecule has 0 unspecified atom stereocenters. The molecular formula is C37H33NO. The minimum absolute atomic E-state index is 0.239. The largest absolute Gasteiger partial charge is 0.309 e. The molecule has 0 fully saturated rings. The summed E-state index contributed by atoms with van der Waals surface area (Å²) in [5.74, 6) is 0.239. The van der Waals surface area contributed by atoms with Crippen LogP contribution in [-0.2, 0) is 0 Å². The van der Waals surface area contributed by atoms with Crippen molar-refractivity contribution in [3.63, 3.8) is 0 Å². The van der Waals surface area contributed by atoms with Crippen LogP contribution in [0.5, 0.6) is 0 Å². The number of para-hydroxylation sites is 2. The number of ketones is 1. The molecule has 6 aromatic rings. The lowest BCUT2D eigenvalue weighted by Crippen LogP contribution is -2.00. The van der Waals surface area contributed by atoms with Crippen molar-refractivity contribution in [2.75, 3.05) is 0 Å². The molecule has 0 saturated carbocycles. The summed E-state index contributed by atoms with van der Waals surface area (Å²) in [6.45, 7) is 6.41. The van der Waals surface area contributed by atoms with Gasteiger partial charge in [-0.2, -0.15) is 0 Å². The van der Waals surface area contributed by atoms with Gasteiger partial charge in [-0.25, -0.2) is 0 Å². The van der Waals surface area contributed by atoms with Crippen LogP contribution in [0.4, 0.5) is 0 Å². The molecule has 2 heteroatoms. The van der Waals surface area contributed by atoms with Gasteiger partial charge in [0.05, 0.1) is 11.0 Å². The second kappa shape index (κ2) is 10.4. The summed E-state index contributed by atoms with van der Waals surface area (Å²) in [5, 5.41) is 2.52. The first kappa shape index (κ1) is 24.9. The van der Waals surface area contributed by atoms with Gasteiger partial charge in [-0.3, -0.25) is 4.79 Å². The molecule has 0 atom stereocenters. The van der Waals surface area contributed by atoms with Crippen molar-refractivity contribution in [1.29, 1.82) is 0 Å². The lowest BCUT2D eigenvalue weighted by Gasteiger charge is -2.13. The van der Waals surface area contributed by atoms with E-state index in [1.165, 1.54) is 55.3 Å². The summed E-state index contributed by atoms with van der Waals surface area (Å²) in [5.41, 5.74) is 11.6. The standard InChI is InChI=1S/C37H33NO/c1-4-5-15-37(39)29-17-20-32(26(3)23-29)31-19-16-27(22-25(31)2)28-18-21-36-34(24-28)33-13-9-10-14-35(33)38(36)30-11-7-6-8-12-30/h6-14,16-24H,4-5,15H2,1-3H3. The third-order valence-corrected chi connectivity index (χ3v) is 7.84. The quantitative estimate of drug-likeness (QED) is 0.197. The van der Waals surface area contributed by atoms with Gasteiger partial charge in [-0.05, 0) is 90.0 Å². The molecule has 0 spiro atoms. The van der Waals surface area contributed by atoms with Crippen molar-refractivity contribution in [3.05, 3.63) is 126 Å². The molecule has 5 aromatic carbocycles. The summed E-state index contributed by atoms with van der Waals surface area (Å²) in [7, 11) is 0. The highest BCUT2D eigenvalue weighted by atomic mass is 16.1. The SMILES string of the molecule is CCCCC(=O)c1ccc(-c2ccc(-c3ccc4c(c3)c3ccccc3n4-c3ccccc3)cc2C)c(C)c1. The fourth-order valence-electron chi connectivity index (χ4n) is 5.77. The Bertz CT molecular complexity index is 1820. The Morgan fingerprint density at radius 2 is 1.28 bits per heavy atom. The maximum absolute atomic E-state index is 12.5. The topological polar surface area (TPSA) is 22.0 Å². The van der Waals surface area contributed by atoms with E-state index in [2.05, 4.69) is 128 Å². The number of hydrogen-bond acceptors (Lipinski definition) is 1. The fourth-order valence-corrected chi connectivity index (χ4v) is 5.77. The van der Waals surface area contributed by atoms with E-state index in [1.54, 1.807) is 0 Å². The fraction of sp³-hybridized carbons (Fsp3) is 0.162. The zero-order chi connectivity index (χ0) is 26.9. The molecule has 6 rings (SSSR count). The van der Waals surface area contributed by atoms with Crippen molar-refractivity contribution in [2.24, 2.45) is 0 Å². The Balaban J connectivity index is 1.39. The first-order valence-corrected chi connectivity index (χ1v) is 13.9. The molecule has 0 bridgehead atoms. The average Bonchev–Trinajstić information content (AvgIpc) is 3.30. The molecule has 0 aliphatic carbocycles. The molecule has 192 valence electrons. The number of rotatable bonds is 7. The van der Waals surface area contributed by atoms with Gasteiger partial charge < -0.3 is 4.57 Å². The van der Waals surface area contributed by atoms with E-state index in [1.807, 2.05) is 6.07 Å². The highest BCUT2D eigenvalue weighted by Crippen LogP contribution is 2.36. The summed E-state index contributed by atoms with van der Waals surface area (Å²) in [4.78, 5) is 12.5. The molecule has 0 N–H and O–H groups in total. The third kappa shape index (κ3) is 4.57. The van der Waals surface area contributed by atoms with Crippen LogP contribution in [0.2, 0.25) is 0 Å². The van der Waals surface area contributed by atoms with E-state index in [0.29, 0.717) is 6.42 Å². The van der Waals surface area contributed by atoms with E-state index >= 15 is 0 Å². The van der Waals surface area contributed by atoms with Crippen LogP contribution >= 0.6 is 0 Å². The van der Waals surface area contributed by atoms with Crippen LogP contribution in [0, 0.1) is 13.8 Å². The number of hydrogen-bond donors (Lipinski definition) is 0. The van der Waals surface area contributed by atoms with Crippen molar-refractivity contribution < 1.29 is 4.79 Å². The summed E-state index contributed by atoms with van der Waals surface area (Å²) >= 11 is 0. The number of benzene rings is 5. The van der Waals surface area contributed by atoms with Crippen LogP contribution in [-0.4, -0.2) is 10.4 Å². The predicted molar refractivity (Wildman–Crippen MR) is 165 cm³/mol. The monoisotopic (exact) mass is 507 g/mol. The Kier molecular flexibility index (Phi) is 6.62. The minimum atomic E-state index is 0.239. The first-order valence-electron chi connectivity index (χ1n) is 13.9. The molecule has 0 saturated heterocycles. The van der Waals surface area contributed by atoms with E-state index in [4.69, 9.17) is 0 Å². The minimum Gasteiger partial charge on any atom is -0.309 e. The van der Waals surface area contributed by atoms with Crippen LogP contribution in [0.3, 0.4) is 0 Å². The van der Waals surface area contributed by atoms with Crippen molar-refractivity contribution >= 4 is 27.6 Å². The average molecular weight is 508 g/mol. The molecule has 0 radical (unpaired) electrons. The maximum atomic E-state index is 12.5. The normalized spacial score (nSPS) is 11.4. The summed E-state index contributed by atoms with van der Waals surface area (Å²) in [6, 6.07) is 38.9. The molecule has 1 aromatic heterocycles. The van der Waals surface area contributed by atoms with Gasteiger partial charge >= 0.3 is 0 Å². The smallest absolute Gasteiger partial charge is 0.162 e. The van der Waals surface area contributed by atoms with E-state index in [-0.39, 0.29) is 5.78 Å². The molecule has 0 amide bonds. The zero-order valence-corrected chi connectivity index (χ0v) is 22.9. The summed E-state index contributed by atoms with van der Waals surface area (Å²) in [6.07, 6.45) is 2.60. The number of aromatic nitrogens is 1. The Hall–Kier alpha value is -4.43. The second-order valence-electron chi connectivity index (χ2n) is 10.5. The Morgan fingerprint density at radius 1 is 0.641 bits per heavy atom. The van der Waals surface area contributed by atoms with Gasteiger partial charge in [0.1, 0.15) is 0 Å². The maximum Gasteiger partial charge on any atom is 0.162 e. The van der Waals surface area contributed by atoms with E-state index in [9.17, 15) is 4.79 Å². The van der Waals surface area contributed by atoms with Gasteiger partial charge in [-0.15, -0.1) is 0 Å². The Labute approximate surface area is 230 Å². The molecule has 0 aliphatic rings. The lowest BCUT2D eigenvalue weighted by molar-refractivity contribution is 0.0979. The van der Waals surface area contributed by atoms with Gasteiger partial charge in [0.15, 0.2) is 5.78 Å². The number of aryl methyl sites for hydroxylation is 2. The molecule has 1 heterocycles. The second-order valence-corrected chi connectivity index (χ2v) is 10.5. The third-order valence-electron chi connectivity index (χ3n) is 7.84. The van der Waals surface area contributed by atoms with Gasteiger partial charge in [0, 0.05) is 28.4 Å². The molecule has 2 nitrogen and oxygen atoms in total. The van der Waals surface area contributed by atoms with Crippen molar-refractivity contribution in [1.82, 2.24) is 4.57 Å². The number of carbonyl (C=O) groups is 1. The van der Waals surface area contributed by atoms with Gasteiger partial charge in [0.2, 0.25) is 0 Å². The van der Waals surface area contributed by atoms with Crippen molar-refractivity contribution in [3.8, 4) is 27.9 Å². The highest BCUT2D eigenvalue weighted by molar-refractivity contribution is 6.10. The van der Waals surface area contributed by atoms with Crippen LogP contribution in [0.15, 0.2) is 109 Å².